The average Bonchev–Trinajstić information content (AvgIpc) is 1.61. The van der Waals surface area contributed by atoms with E-state index in [9.17, 15) is 0 Å². The van der Waals surface area contributed by atoms with Gasteiger partial charge in [-0.3, -0.25) is 0 Å². The standard InChI is InChI=1S/C51H33N3O.C27H15Cl2N3O.C12H11BO2/c1-5-14-34(15-6-1)36-24-26-38(27-25-36)42-32-45(39-30-28-37(29-31-39)35-16-7-2-8-17-35)48-46(33-42)43-22-13-23-44(47(43)55-48)51-53-49(40-18-9-3-10-19-40)52-50(54-51)41-20-11-4-12-21-41;28-18-14-21-19-12-7-13-20(23(19)33-24(21)22(29)15-18)27-31-25(16-8-3-1-4-9-16)30-26(32-27)17-10-5-2-6-11-17;14-13(15)12-8-6-11(7-9-12)10-4-2-1-3-5-10/h1-33H;1-15H;1-9,14-15H. The van der Waals surface area contributed by atoms with Crippen molar-refractivity contribution in [2.24, 2.45) is 0 Å². The third kappa shape index (κ3) is 13.9. The smallest absolute Gasteiger partial charge is 0.455 e. The minimum Gasteiger partial charge on any atom is -0.455 e. The highest BCUT2D eigenvalue weighted by atomic mass is 35.5. The van der Waals surface area contributed by atoms with Crippen LogP contribution in [-0.2, 0) is 0 Å². The van der Waals surface area contributed by atoms with Crippen molar-refractivity contribution in [3.8, 4) is 124 Å². The first-order chi connectivity index (χ1) is 50.7. The first-order valence-corrected chi connectivity index (χ1v) is 34.3. The van der Waals surface area contributed by atoms with Crippen molar-refractivity contribution in [1.82, 2.24) is 29.9 Å². The maximum absolute atomic E-state index is 8.94. The molecule has 490 valence electrons. The second-order valence-corrected chi connectivity index (χ2v) is 25.4. The van der Waals surface area contributed by atoms with E-state index in [1.807, 2.05) is 206 Å². The number of hydrogen-bond acceptors (Lipinski definition) is 10. The molecule has 0 spiro atoms. The molecule has 0 atom stereocenters. The van der Waals surface area contributed by atoms with Crippen LogP contribution in [0.3, 0.4) is 0 Å². The fourth-order valence-corrected chi connectivity index (χ4v) is 13.3. The lowest BCUT2D eigenvalue weighted by atomic mass is 9.80. The fraction of sp³-hybridized carbons (Fsp3) is 0. The van der Waals surface area contributed by atoms with Crippen molar-refractivity contribution in [1.29, 1.82) is 0 Å². The Bertz CT molecular complexity index is 5890. The molecule has 2 N–H and O–H groups in total. The van der Waals surface area contributed by atoms with Gasteiger partial charge in [-0.2, -0.15) is 0 Å². The molecule has 0 amide bonds. The van der Waals surface area contributed by atoms with E-state index in [0.29, 0.717) is 61.6 Å². The number of benzene rings is 14. The van der Waals surface area contributed by atoms with Gasteiger partial charge in [-0.1, -0.05) is 333 Å². The number of rotatable bonds is 12. The van der Waals surface area contributed by atoms with E-state index in [1.54, 1.807) is 18.2 Å². The summed E-state index contributed by atoms with van der Waals surface area (Å²) in [4.78, 5) is 29.4. The van der Waals surface area contributed by atoms with Crippen molar-refractivity contribution in [3.05, 3.63) is 356 Å². The Morgan fingerprint density at radius 1 is 0.223 bits per heavy atom. The quantitative estimate of drug-likeness (QED) is 0.113. The van der Waals surface area contributed by atoms with Crippen LogP contribution >= 0.6 is 23.2 Å². The van der Waals surface area contributed by atoms with Crippen LogP contribution in [0.5, 0.6) is 0 Å². The lowest BCUT2D eigenvalue weighted by Crippen LogP contribution is -2.29. The lowest BCUT2D eigenvalue weighted by molar-refractivity contribution is 0.426. The molecule has 0 unspecified atom stereocenters. The normalized spacial score (nSPS) is 11.1. The van der Waals surface area contributed by atoms with Crippen LogP contribution in [0.15, 0.2) is 355 Å². The molecular formula is C90H59BCl2N6O4. The summed E-state index contributed by atoms with van der Waals surface area (Å²) in [6.07, 6.45) is 0. The summed E-state index contributed by atoms with van der Waals surface area (Å²) in [5, 5.41) is 22.7. The maximum atomic E-state index is 8.94. The van der Waals surface area contributed by atoms with E-state index in [4.69, 9.17) is 72.0 Å². The van der Waals surface area contributed by atoms with Crippen molar-refractivity contribution in [3.63, 3.8) is 0 Å². The minimum atomic E-state index is -1.39. The van der Waals surface area contributed by atoms with Gasteiger partial charge in [0.2, 0.25) is 0 Å². The third-order valence-corrected chi connectivity index (χ3v) is 18.4. The zero-order chi connectivity index (χ0) is 69.6. The summed E-state index contributed by atoms with van der Waals surface area (Å²) in [6, 6.07) is 116. The van der Waals surface area contributed by atoms with E-state index in [-0.39, 0.29) is 0 Å². The number of hydrogen-bond donors (Lipinski definition) is 2. The Morgan fingerprint density at radius 3 is 0.883 bits per heavy atom. The van der Waals surface area contributed by atoms with Crippen LogP contribution in [0.2, 0.25) is 10.0 Å². The number of para-hydroxylation sites is 2. The largest absolute Gasteiger partial charge is 0.488 e. The van der Waals surface area contributed by atoms with E-state index >= 15 is 0 Å². The summed E-state index contributed by atoms with van der Waals surface area (Å²) in [7, 11) is -1.39. The van der Waals surface area contributed by atoms with Crippen molar-refractivity contribution in [2.75, 3.05) is 0 Å². The lowest BCUT2D eigenvalue weighted by Gasteiger charge is -2.10. The maximum Gasteiger partial charge on any atom is 0.488 e. The fourth-order valence-electron chi connectivity index (χ4n) is 12.8. The number of fused-ring (bicyclic) bond motifs is 6. The molecule has 0 aliphatic heterocycles. The Labute approximate surface area is 604 Å². The summed E-state index contributed by atoms with van der Waals surface area (Å²) in [5.74, 6) is 3.48. The van der Waals surface area contributed by atoms with Gasteiger partial charge in [-0.15, -0.1) is 0 Å². The number of nitrogens with zero attached hydrogens (tertiary/aromatic N) is 6. The molecule has 18 rings (SSSR count). The summed E-state index contributed by atoms with van der Waals surface area (Å²) < 4.78 is 13.2. The van der Waals surface area contributed by atoms with E-state index in [1.165, 1.54) is 22.3 Å². The van der Waals surface area contributed by atoms with E-state index in [2.05, 4.69) is 121 Å². The van der Waals surface area contributed by atoms with Gasteiger partial charge in [-0.05, 0) is 91.9 Å². The Morgan fingerprint density at radius 2 is 0.515 bits per heavy atom. The molecule has 0 saturated heterocycles. The topological polar surface area (TPSA) is 144 Å². The summed E-state index contributed by atoms with van der Waals surface area (Å²) in [6.45, 7) is 0. The molecule has 103 heavy (non-hydrogen) atoms. The van der Waals surface area contributed by atoms with Crippen LogP contribution < -0.4 is 5.46 Å². The molecule has 13 heteroatoms. The van der Waals surface area contributed by atoms with Crippen LogP contribution in [0.4, 0.5) is 0 Å². The Balaban J connectivity index is 0.000000143. The SMILES string of the molecule is Clc1cc(Cl)c2oc3c(-c4nc(-c5ccccc5)nc(-c5ccccc5)n4)cccc3c2c1.OB(O)c1ccc(-c2ccccc2)cc1.c1ccc(-c2ccc(-c3cc(-c4ccc(-c5ccccc5)cc4)c4oc5c(-c6nc(-c7ccccc7)nc(-c7ccccc7)n6)cccc5c4c3)cc2)cc1. The highest BCUT2D eigenvalue weighted by molar-refractivity contribution is 6.58. The molecule has 0 aliphatic rings. The number of aromatic nitrogens is 6. The van der Waals surface area contributed by atoms with Gasteiger partial charge in [0.15, 0.2) is 40.5 Å². The van der Waals surface area contributed by atoms with Crippen LogP contribution in [0.25, 0.3) is 168 Å². The highest BCUT2D eigenvalue weighted by Gasteiger charge is 2.23. The van der Waals surface area contributed by atoms with E-state index < -0.39 is 7.12 Å². The third-order valence-electron chi connectivity index (χ3n) is 17.9. The molecule has 0 saturated carbocycles. The first-order valence-electron chi connectivity index (χ1n) is 33.6. The van der Waals surface area contributed by atoms with Gasteiger partial charge >= 0.3 is 7.12 Å². The van der Waals surface area contributed by atoms with Gasteiger partial charge < -0.3 is 18.9 Å². The number of halogens is 2. The van der Waals surface area contributed by atoms with Crippen LogP contribution in [0.1, 0.15) is 0 Å². The molecule has 10 nitrogen and oxygen atoms in total. The van der Waals surface area contributed by atoms with Crippen molar-refractivity contribution < 1.29 is 18.9 Å². The Kier molecular flexibility index (Phi) is 18.4. The molecule has 0 radical (unpaired) electrons. The molecular weight excluding hydrogens is 1310 g/mol. The number of furan rings is 2. The summed E-state index contributed by atoms with van der Waals surface area (Å²) in [5.41, 5.74) is 19.8. The summed E-state index contributed by atoms with van der Waals surface area (Å²) >= 11 is 12.7. The zero-order valence-corrected chi connectivity index (χ0v) is 56.6. The van der Waals surface area contributed by atoms with Gasteiger partial charge in [0, 0.05) is 54.4 Å². The van der Waals surface area contributed by atoms with E-state index in [0.717, 1.165) is 99.5 Å². The zero-order valence-electron chi connectivity index (χ0n) is 55.1. The van der Waals surface area contributed by atoms with Gasteiger partial charge in [0.1, 0.15) is 16.7 Å². The molecule has 14 aromatic carbocycles. The monoisotopic (exact) mass is 1370 g/mol. The molecule has 4 aromatic heterocycles. The van der Waals surface area contributed by atoms with Crippen molar-refractivity contribution >= 4 is 79.7 Å². The van der Waals surface area contributed by atoms with Gasteiger partial charge in [0.05, 0.1) is 16.1 Å². The van der Waals surface area contributed by atoms with Crippen LogP contribution in [0, 0.1) is 0 Å². The van der Waals surface area contributed by atoms with Gasteiger partial charge in [-0.25, -0.2) is 29.9 Å². The van der Waals surface area contributed by atoms with Crippen LogP contribution in [-0.4, -0.2) is 47.1 Å². The predicted molar refractivity (Wildman–Crippen MR) is 420 cm³/mol. The average molecular weight is 1370 g/mol. The predicted octanol–water partition coefficient (Wildman–Crippen LogP) is 22.6. The molecule has 18 aromatic rings. The van der Waals surface area contributed by atoms with Gasteiger partial charge in [0.25, 0.3) is 0 Å². The molecule has 0 bridgehead atoms. The second kappa shape index (κ2) is 29.2. The second-order valence-electron chi connectivity index (χ2n) is 24.6. The molecule has 0 aliphatic carbocycles. The Hall–Kier alpha value is -12.7. The molecule has 4 heterocycles. The highest BCUT2D eigenvalue weighted by Crippen LogP contribution is 2.44. The van der Waals surface area contributed by atoms with Crippen molar-refractivity contribution in [2.45, 2.75) is 0 Å². The first kappa shape index (κ1) is 64.9. The molecule has 0 fully saturated rings. The minimum absolute atomic E-state index is 0.463.